The highest BCUT2D eigenvalue weighted by Crippen LogP contribution is 2.27. The number of benzene rings is 3. The topological polar surface area (TPSA) is 72.2 Å². The third-order valence-electron chi connectivity index (χ3n) is 5.12. The Hall–Kier alpha value is -4.32. The lowest BCUT2D eigenvalue weighted by molar-refractivity contribution is -0.116. The number of rotatable bonds is 5. The second kappa shape index (κ2) is 8.20. The molecule has 150 valence electrons. The fourth-order valence-electron chi connectivity index (χ4n) is 3.64. The van der Waals surface area contributed by atoms with E-state index < -0.39 is 5.92 Å². The van der Waals surface area contributed by atoms with Gasteiger partial charge in [0.15, 0.2) is 5.65 Å². The summed E-state index contributed by atoms with van der Waals surface area (Å²) in [6.45, 7) is 0. The Morgan fingerprint density at radius 3 is 2.23 bits per heavy atom. The predicted molar refractivity (Wildman–Crippen MR) is 120 cm³/mol. The zero-order chi connectivity index (χ0) is 21.0. The number of amides is 1. The van der Waals surface area contributed by atoms with Gasteiger partial charge in [0, 0.05) is 11.3 Å². The smallest absolute Gasteiger partial charge is 0.236 e. The van der Waals surface area contributed by atoms with Crippen molar-refractivity contribution in [2.45, 2.75) is 5.92 Å². The molecule has 0 bridgehead atoms. The number of hydrogen-bond donors (Lipinski definition) is 1. The van der Waals surface area contributed by atoms with Crippen molar-refractivity contribution in [2.24, 2.45) is 0 Å². The van der Waals surface area contributed by atoms with E-state index in [9.17, 15) is 4.79 Å². The van der Waals surface area contributed by atoms with Crippen molar-refractivity contribution in [3.05, 3.63) is 115 Å². The molecule has 5 aromatic rings. The third-order valence-corrected chi connectivity index (χ3v) is 5.12. The number of carbonyl (C=O) groups excluding carboxylic acids is 1. The molecule has 31 heavy (non-hydrogen) atoms. The Bertz CT molecular complexity index is 1290. The summed E-state index contributed by atoms with van der Waals surface area (Å²) in [4.78, 5) is 13.4. The summed E-state index contributed by atoms with van der Waals surface area (Å²) in [5, 5.41) is 15.5. The Balaban J connectivity index is 1.45. The van der Waals surface area contributed by atoms with Crippen LogP contribution in [0.1, 0.15) is 17.0 Å². The molecule has 0 saturated carbocycles. The van der Waals surface area contributed by atoms with E-state index >= 15 is 0 Å². The average molecular weight is 405 g/mol. The van der Waals surface area contributed by atoms with E-state index in [4.69, 9.17) is 0 Å². The summed E-state index contributed by atoms with van der Waals surface area (Å²) in [6, 6.07) is 31.0. The predicted octanol–water partition coefficient (Wildman–Crippen LogP) is 4.56. The van der Waals surface area contributed by atoms with Gasteiger partial charge in [0.2, 0.25) is 5.91 Å². The lowest BCUT2D eigenvalue weighted by Gasteiger charge is -2.18. The standard InChI is InChI=1S/C25H19N5O/c31-25(24(18-8-3-1-4-9-18)19-10-5-2-6-11-19)27-21-13-7-12-20(16-21)22-14-15-23-28-26-17-30(23)29-22/h1-17,24H,(H,27,31). The quantitative estimate of drug-likeness (QED) is 0.465. The van der Waals surface area contributed by atoms with Crippen molar-refractivity contribution in [1.29, 1.82) is 0 Å². The summed E-state index contributed by atoms with van der Waals surface area (Å²) in [6.07, 6.45) is 1.56. The van der Waals surface area contributed by atoms with Crippen molar-refractivity contribution in [1.82, 2.24) is 19.8 Å². The fraction of sp³-hybridized carbons (Fsp3) is 0.0400. The summed E-state index contributed by atoms with van der Waals surface area (Å²) in [5.41, 5.74) is 4.95. The van der Waals surface area contributed by atoms with Crippen molar-refractivity contribution >= 4 is 17.2 Å². The highest BCUT2D eigenvalue weighted by molar-refractivity contribution is 5.98. The normalized spacial score (nSPS) is 11.0. The van der Waals surface area contributed by atoms with Crippen LogP contribution in [0.3, 0.4) is 0 Å². The van der Waals surface area contributed by atoms with Crippen molar-refractivity contribution < 1.29 is 4.79 Å². The van der Waals surface area contributed by atoms with Crippen LogP contribution in [0.15, 0.2) is 103 Å². The van der Waals surface area contributed by atoms with Gasteiger partial charge >= 0.3 is 0 Å². The van der Waals surface area contributed by atoms with E-state index in [0.29, 0.717) is 11.3 Å². The van der Waals surface area contributed by atoms with Crippen LogP contribution >= 0.6 is 0 Å². The van der Waals surface area contributed by atoms with Gasteiger partial charge in [-0.3, -0.25) is 4.79 Å². The zero-order valence-corrected chi connectivity index (χ0v) is 16.6. The summed E-state index contributed by atoms with van der Waals surface area (Å²) in [7, 11) is 0. The Labute approximate surface area is 179 Å². The van der Waals surface area contributed by atoms with E-state index in [0.717, 1.165) is 22.4 Å². The van der Waals surface area contributed by atoms with Gasteiger partial charge in [0.05, 0.1) is 11.6 Å². The number of carbonyl (C=O) groups is 1. The SMILES string of the molecule is O=C(Nc1cccc(-c2ccc3nncn3n2)c1)C(c1ccccc1)c1ccccc1. The molecule has 2 aromatic heterocycles. The van der Waals surface area contributed by atoms with Crippen LogP contribution in [0.4, 0.5) is 5.69 Å². The molecule has 0 radical (unpaired) electrons. The van der Waals surface area contributed by atoms with Gasteiger partial charge < -0.3 is 5.32 Å². The minimum absolute atomic E-state index is 0.0863. The van der Waals surface area contributed by atoms with Crippen LogP contribution in [0.2, 0.25) is 0 Å². The molecule has 0 aliphatic rings. The van der Waals surface area contributed by atoms with Crippen LogP contribution in [-0.4, -0.2) is 25.7 Å². The highest BCUT2D eigenvalue weighted by Gasteiger charge is 2.22. The Morgan fingerprint density at radius 1 is 0.806 bits per heavy atom. The molecular weight excluding hydrogens is 386 g/mol. The molecule has 2 heterocycles. The minimum atomic E-state index is -0.405. The number of nitrogens with one attached hydrogen (secondary N) is 1. The Morgan fingerprint density at radius 2 is 1.52 bits per heavy atom. The first-order valence-corrected chi connectivity index (χ1v) is 9.96. The van der Waals surface area contributed by atoms with E-state index in [2.05, 4.69) is 20.6 Å². The number of nitrogens with zero attached hydrogens (tertiary/aromatic N) is 4. The second-order valence-corrected chi connectivity index (χ2v) is 7.18. The molecule has 0 spiro atoms. The van der Waals surface area contributed by atoms with Gasteiger partial charge in [-0.05, 0) is 35.4 Å². The maximum Gasteiger partial charge on any atom is 0.236 e. The molecule has 3 aromatic carbocycles. The number of aromatic nitrogens is 4. The molecule has 0 unspecified atom stereocenters. The molecule has 1 amide bonds. The van der Waals surface area contributed by atoms with Crippen molar-refractivity contribution in [3.63, 3.8) is 0 Å². The molecule has 0 saturated heterocycles. The fourth-order valence-corrected chi connectivity index (χ4v) is 3.64. The van der Waals surface area contributed by atoms with Gasteiger partial charge in [0.25, 0.3) is 0 Å². The molecule has 0 atom stereocenters. The number of anilines is 1. The van der Waals surface area contributed by atoms with Crippen LogP contribution in [0.25, 0.3) is 16.9 Å². The summed E-state index contributed by atoms with van der Waals surface area (Å²) < 4.78 is 1.63. The second-order valence-electron chi connectivity index (χ2n) is 7.18. The van der Waals surface area contributed by atoms with Gasteiger partial charge in [-0.15, -0.1) is 10.2 Å². The first-order chi connectivity index (χ1) is 15.3. The molecule has 5 rings (SSSR count). The third kappa shape index (κ3) is 3.91. The molecule has 6 heteroatoms. The molecular formula is C25H19N5O. The first kappa shape index (κ1) is 18.7. The number of fused-ring (bicyclic) bond motifs is 1. The number of hydrogen-bond acceptors (Lipinski definition) is 4. The first-order valence-electron chi connectivity index (χ1n) is 9.96. The molecule has 0 aliphatic heterocycles. The largest absolute Gasteiger partial charge is 0.325 e. The molecule has 0 aliphatic carbocycles. The summed E-state index contributed by atoms with van der Waals surface area (Å²) >= 11 is 0. The average Bonchev–Trinajstić information content (AvgIpc) is 3.29. The highest BCUT2D eigenvalue weighted by atomic mass is 16.1. The molecule has 6 nitrogen and oxygen atoms in total. The maximum atomic E-state index is 13.4. The Kier molecular flexibility index (Phi) is 4.94. The monoisotopic (exact) mass is 405 g/mol. The summed E-state index contributed by atoms with van der Waals surface area (Å²) in [5.74, 6) is -0.491. The van der Waals surface area contributed by atoms with Gasteiger partial charge in [-0.1, -0.05) is 72.8 Å². The molecule has 0 fully saturated rings. The maximum absolute atomic E-state index is 13.4. The van der Waals surface area contributed by atoms with Crippen LogP contribution in [-0.2, 0) is 4.79 Å². The van der Waals surface area contributed by atoms with E-state index in [-0.39, 0.29) is 5.91 Å². The van der Waals surface area contributed by atoms with E-state index in [1.165, 1.54) is 0 Å². The zero-order valence-electron chi connectivity index (χ0n) is 16.6. The van der Waals surface area contributed by atoms with E-state index in [1.54, 1.807) is 10.8 Å². The van der Waals surface area contributed by atoms with Gasteiger partial charge in [-0.2, -0.15) is 9.61 Å². The van der Waals surface area contributed by atoms with Crippen LogP contribution < -0.4 is 5.32 Å². The van der Waals surface area contributed by atoms with Crippen molar-refractivity contribution in [3.8, 4) is 11.3 Å². The van der Waals surface area contributed by atoms with Crippen LogP contribution in [0, 0.1) is 0 Å². The van der Waals surface area contributed by atoms with E-state index in [1.807, 2.05) is 97.1 Å². The van der Waals surface area contributed by atoms with Gasteiger partial charge in [-0.25, -0.2) is 0 Å². The van der Waals surface area contributed by atoms with Gasteiger partial charge in [0.1, 0.15) is 6.33 Å². The van der Waals surface area contributed by atoms with Crippen LogP contribution in [0.5, 0.6) is 0 Å². The molecule has 1 N–H and O–H groups in total. The minimum Gasteiger partial charge on any atom is -0.325 e. The lowest BCUT2D eigenvalue weighted by atomic mass is 9.90. The lowest BCUT2D eigenvalue weighted by Crippen LogP contribution is -2.22. The van der Waals surface area contributed by atoms with Crippen molar-refractivity contribution in [2.75, 3.05) is 5.32 Å².